The fourth-order valence-corrected chi connectivity index (χ4v) is 2.32. The zero-order valence-electron chi connectivity index (χ0n) is 11.4. The maximum Gasteiger partial charge on any atom is 0.241 e. The predicted octanol–water partition coefficient (Wildman–Crippen LogP) is 0.459. The molecule has 0 fully saturated rings. The Hall–Kier alpha value is -2.13. The molecule has 3 N–H and O–H groups in total. The highest BCUT2D eigenvalue weighted by molar-refractivity contribution is 7.89. The highest BCUT2D eigenvalue weighted by atomic mass is 32.2. The predicted molar refractivity (Wildman–Crippen MR) is 76.0 cm³/mol. The SMILES string of the molecule is Cc1noc(CNS(=O)(=O)CCOc2ccccc2N)n1. The molecule has 0 aliphatic rings. The van der Waals surface area contributed by atoms with E-state index < -0.39 is 10.0 Å². The first-order chi connectivity index (χ1) is 9.96. The van der Waals surface area contributed by atoms with Crippen molar-refractivity contribution in [1.82, 2.24) is 14.9 Å². The Labute approximate surface area is 122 Å². The van der Waals surface area contributed by atoms with Crippen LogP contribution in [0, 0.1) is 6.92 Å². The van der Waals surface area contributed by atoms with Gasteiger partial charge in [0.2, 0.25) is 15.9 Å². The van der Waals surface area contributed by atoms with Gasteiger partial charge in [0.05, 0.1) is 18.0 Å². The van der Waals surface area contributed by atoms with E-state index in [1.54, 1.807) is 31.2 Å². The molecular weight excluding hydrogens is 296 g/mol. The summed E-state index contributed by atoms with van der Waals surface area (Å²) in [5, 5.41) is 3.57. The number of anilines is 1. The molecule has 0 saturated heterocycles. The zero-order chi connectivity index (χ0) is 15.3. The van der Waals surface area contributed by atoms with Crippen molar-refractivity contribution in [2.75, 3.05) is 18.1 Å². The maximum absolute atomic E-state index is 11.8. The molecule has 0 radical (unpaired) electrons. The van der Waals surface area contributed by atoms with Gasteiger partial charge in [-0.3, -0.25) is 0 Å². The maximum atomic E-state index is 11.8. The van der Waals surface area contributed by atoms with Crippen LogP contribution in [-0.2, 0) is 16.6 Å². The monoisotopic (exact) mass is 312 g/mol. The summed E-state index contributed by atoms with van der Waals surface area (Å²) in [7, 11) is -3.50. The number of para-hydroxylation sites is 2. The second kappa shape index (κ2) is 6.55. The number of nitrogens with zero attached hydrogens (tertiary/aromatic N) is 2. The van der Waals surface area contributed by atoms with Gasteiger partial charge in [-0.1, -0.05) is 17.3 Å². The summed E-state index contributed by atoms with van der Waals surface area (Å²) >= 11 is 0. The van der Waals surface area contributed by atoms with E-state index in [2.05, 4.69) is 14.9 Å². The van der Waals surface area contributed by atoms with Gasteiger partial charge in [-0.15, -0.1) is 0 Å². The van der Waals surface area contributed by atoms with Crippen LogP contribution in [0.1, 0.15) is 11.7 Å². The van der Waals surface area contributed by atoms with Crippen LogP contribution in [0.4, 0.5) is 5.69 Å². The molecule has 114 valence electrons. The molecule has 8 nitrogen and oxygen atoms in total. The third kappa shape index (κ3) is 4.72. The molecule has 1 heterocycles. The van der Waals surface area contributed by atoms with Crippen molar-refractivity contribution in [2.24, 2.45) is 0 Å². The first-order valence-electron chi connectivity index (χ1n) is 6.20. The molecule has 0 unspecified atom stereocenters. The Bertz CT molecular complexity index is 699. The number of rotatable bonds is 7. The minimum absolute atomic E-state index is 0.00753. The number of sulfonamides is 1. The molecule has 2 rings (SSSR count). The summed E-state index contributed by atoms with van der Waals surface area (Å²) in [6.07, 6.45) is 0. The summed E-state index contributed by atoms with van der Waals surface area (Å²) in [5.41, 5.74) is 6.15. The van der Waals surface area contributed by atoms with Crippen molar-refractivity contribution >= 4 is 15.7 Å². The number of ether oxygens (including phenoxy) is 1. The van der Waals surface area contributed by atoms with Gasteiger partial charge >= 0.3 is 0 Å². The molecule has 1 aromatic heterocycles. The lowest BCUT2D eigenvalue weighted by atomic mass is 10.3. The second-order valence-electron chi connectivity index (χ2n) is 4.26. The fourth-order valence-electron chi connectivity index (χ4n) is 1.53. The third-order valence-corrected chi connectivity index (χ3v) is 3.83. The van der Waals surface area contributed by atoms with E-state index >= 15 is 0 Å². The van der Waals surface area contributed by atoms with Crippen LogP contribution in [0.25, 0.3) is 0 Å². The van der Waals surface area contributed by atoms with Crippen LogP contribution in [0.5, 0.6) is 5.75 Å². The minimum Gasteiger partial charge on any atom is -0.490 e. The van der Waals surface area contributed by atoms with Gasteiger partial charge in [0, 0.05) is 0 Å². The minimum atomic E-state index is -3.50. The van der Waals surface area contributed by atoms with Crippen molar-refractivity contribution in [3.63, 3.8) is 0 Å². The Morgan fingerprint density at radius 1 is 1.38 bits per heavy atom. The third-order valence-electron chi connectivity index (χ3n) is 2.54. The van der Waals surface area contributed by atoms with E-state index in [-0.39, 0.29) is 24.8 Å². The van der Waals surface area contributed by atoms with E-state index in [1.165, 1.54) is 0 Å². The van der Waals surface area contributed by atoms with E-state index in [1.807, 2.05) is 0 Å². The van der Waals surface area contributed by atoms with Gasteiger partial charge in [0.15, 0.2) is 5.82 Å². The topological polar surface area (TPSA) is 120 Å². The molecule has 21 heavy (non-hydrogen) atoms. The number of nitrogens with one attached hydrogen (secondary N) is 1. The van der Waals surface area contributed by atoms with Gasteiger partial charge < -0.3 is 15.0 Å². The van der Waals surface area contributed by atoms with Gasteiger partial charge in [-0.25, -0.2) is 13.1 Å². The number of nitrogen functional groups attached to an aromatic ring is 1. The Morgan fingerprint density at radius 2 is 2.14 bits per heavy atom. The highest BCUT2D eigenvalue weighted by Gasteiger charge is 2.13. The Kier molecular flexibility index (Phi) is 4.76. The van der Waals surface area contributed by atoms with Gasteiger partial charge in [0.25, 0.3) is 0 Å². The summed E-state index contributed by atoms with van der Waals surface area (Å²) < 4.78 is 36.0. The number of benzene rings is 1. The molecule has 0 aliphatic heterocycles. The van der Waals surface area contributed by atoms with Crippen molar-refractivity contribution in [2.45, 2.75) is 13.5 Å². The quantitative estimate of drug-likeness (QED) is 0.712. The van der Waals surface area contributed by atoms with Crippen molar-refractivity contribution in [1.29, 1.82) is 0 Å². The largest absolute Gasteiger partial charge is 0.490 e. The van der Waals surface area contributed by atoms with Crippen LogP contribution in [-0.4, -0.2) is 30.9 Å². The second-order valence-corrected chi connectivity index (χ2v) is 6.19. The Morgan fingerprint density at radius 3 is 2.81 bits per heavy atom. The summed E-state index contributed by atoms with van der Waals surface area (Å²) in [6.45, 7) is 1.60. The molecule has 0 amide bonds. The summed E-state index contributed by atoms with van der Waals surface area (Å²) in [4.78, 5) is 3.90. The number of aromatic nitrogens is 2. The molecule has 0 spiro atoms. The zero-order valence-corrected chi connectivity index (χ0v) is 12.3. The number of hydrogen-bond acceptors (Lipinski definition) is 7. The summed E-state index contributed by atoms with van der Waals surface area (Å²) in [6, 6.07) is 6.89. The van der Waals surface area contributed by atoms with E-state index in [9.17, 15) is 8.42 Å². The van der Waals surface area contributed by atoms with Crippen LogP contribution >= 0.6 is 0 Å². The first kappa shape index (κ1) is 15.3. The lowest BCUT2D eigenvalue weighted by Gasteiger charge is -2.09. The molecule has 0 saturated carbocycles. The van der Waals surface area contributed by atoms with Crippen molar-refractivity contribution in [3.8, 4) is 5.75 Å². The Balaban J connectivity index is 1.80. The highest BCUT2D eigenvalue weighted by Crippen LogP contribution is 2.19. The van der Waals surface area contributed by atoms with Crippen LogP contribution in [0.3, 0.4) is 0 Å². The van der Waals surface area contributed by atoms with Gasteiger partial charge in [-0.2, -0.15) is 4.98 Å². The molecule has 9 heteroatoms. The fraction of sp³-hybridized carbons (Fsp3) is 0.333. The van der Waals surface area contributed by atoms with Crippen LogP contribution < -0.4 is 15.2 Å². The van der Waals surface area contributed by atoms with E-state index in [4.69, 9.17) is 15.0 Å². The van der Waals surface area contributed by atoms with Crippen LogP contribution in [0.2, 0.25) is 0 Å². The van der Waals surface area contributed by atoms with Crippen molar-refractivity contribution in [3.05, 3.63) is 36.0 Å². The molecule has 0 bridgehead atoms. The normalized spacial score (nSPS) is 11.5. The molecule has 0 aliphatic carbocycles. The van der Waals surface area contributed by atoms with Crippen LogP contribution in [0.15, 0.2) is 28.8 Å². The smallest absolute Gasteiger partial charge is 0.241 e. The molecule has 1 aromatic carbocycles. The molecule has 2 aromatic rings. The van der Waals surface area contributed by atoms with Gasteiger partial charge in [0.1, 0.15) is 12.4 Å². The average molecular weight is 312 g/mol. The number of hydrogen-bond donors (Lipinski definition) is 2. The average Bonchev–Trinajstić information content (AvgIpc) is 2.85. The summed E-state index contributed by atoms with van der Waals surface area (Å²) in [5.74, 6) is 0.922. The standard InChI is InChI=1S/C12H16N4O4S/c1-9-15-12(20-16-9)8-14-21(17,18)7-6-19-11-5-3-2-4-10(11)13/h2-5,14H,6-8,13H2,1H3. The van der Waals surface area contributed by atoms with E-state index in [0.29, 0.717) is 17.3 Å². The first-order valence-corrected chi connectivity index (χ1v) is 7.85. The van der Waals surface area contributed by atoms with E-state index in [0.717, 1.165) is 0 Å². The lowest BCUT2D eigenvalue weighted by Crippen LogP contribution is -2.28. The number of aryl methyl sites for hydroxylation is 1. The number of nitrogens with two attached hydrogens (primary N) is 1. The lowest BCUT2D eigenvalue weighted by molar-refractivity contribution is 0.341. The molecular formula is C12H16N4O4S. The van der Waals surface area contributed by atoms with Gasteiger partial charge in [-0.05, 0) is 19.1 Å². The van der Waals surface area contributed by atoms with Crippen molar-refractivity contribution < 1.29 is 17.7 Å². The molecule has 0 atom stereocenters.